The lowest BCUT2D eigenvalue weighted by molar-refractivity contribution is 0.0910. The van der Waals surface area contributed by atoms with Gasteiger partial charge in [0.15, 0.2) is 0 Å². The molecule has 1 aliphatic heterocycles. The number of nitrogens with zero attached hydrogens (tertiary/aromatic N) is 4. The molecule has 1 saturated carbocycles. The number of imidazole rings is 1. The number of rotatable bonds is 3. The monoisotopic (exact) mass is 310 g/mol. The number of halogens is 1. The van der Waals surface area contributed by atoms with E-state index in [2.05, 4.69) is 25.6 Å². The van der Waals surface area contributed by atoms with Gasteiger partial charge in [-0.25, -0.2) is 14.4 Å². The van der Waals surface area contributed by atoms with Crippen LogP contribution in [0.15, 0.2) is 36.9 Å². The first-order chi connectivity index (χ1) is 11.3. The lowest BCUT2D eigenvalue weighted by Gasteiger charge is -2.53. The normalized spacial score (nSPS) is 25.5. The molecule has 3 aromatic heterocycles. The minimum Gasteiger partial charge on any atom is -0.364 e. The average Bonchev–Trinajstić information content (AvgIpc) is 2.95. The molecule has 7 heteroatoms. The highest BCUT2D eigenvalue weighted by Gasteiger charge is 2.47. The Balaban J connectivity index is 1.47. The smallest absolute Gasteiger partial charge is 0.145 e. The Morgan fingerprint density at radius 3 is 3.00 bits per heavy atom. The van der Waals surface area contributed by atoms with Crippen LogP contribution in [0.1, 0.15) is 6.42 Å². The average molecular weight is 310 g/mol. The number of hydrogen-bond donors (Lipinski definition) is 2. The zero-order valence-corrected chi connectivity index (χ0v) is 12.3. The van der Waals surface area contributed by atoms with Gasteiger partial charge in [0.25, 0.3) is 0 Å². The van der Waals surface area contributed by atoms with E-state index < -0.39 is 0 Å². The molecule has 0 aromatic carbocycles. The molecule has 1 aliphatic carbocycles. The van der Waals surface area contributed by atoms with E-state index in [4.69, 9.17) is 0 Å². The number of anilines is 1. The predicted molar refractivity (Wildman–Crippen MR) is 83.5 cm³/mol. The summed E-state index contributed by atoms with van der Waals surface area (Å²) in [4.78, 5) is 13.2. The molecule has 23 heavy (non-hydrogen) atoms. The lowest BCUT2D eigenvalue weighted by Crippen LogP contribution is -2.70. The fraction of sp³-hybridized carbons (Fsp3) is 0.312. The number of hydrogen-bond acceptors (Lipinski definition) is 5. The maximum absolute atomic E-state index is 13.5. The summed E-state index contributed by atoms with van der Waals surface area (Å²) in [6, 6.07) is 4.02. The Hall–Kier alpha value is -2.54. The molecule has 4 heterocycles. The van der Waals surface area contributed by atoms with Crippen molar-refractivity contribution in [3.05, 3.63) is 42.7 Å². The van der Waals surface area contributed by atoms with Crippen molar-refractivity contribution in [3.63, 3.8) is 0 Å². The van der Waals surface area contributed by atoms with Gasteiger partial charge in [-0.15, -0.1) is 0 Å². The van der Waals surface area contributed by atoms with Gasteiger partial charge >= 0.3 is 0 Å². The van der Waals surface area contributed by atoms with E-state index in [-0.39, 0.29) is 5.82 Å². The van der Waals surface area contributed by atoms with Gasteiger partial charge in [-0.2, -0.15) is 0 Å². The van der Waals surface area contributed by atoms with Crippen molar-refractivity contribution in [1.29, 1.82) is 0 Å². The zero-order valence-electron chi connectivity index (χ0n) is 12.3. The second kappa shape index (κ2) is 4.73. The lowest BCUT2D eigenvalue weighted by atomic mass is 9.69. The first kappa shape index (κ1) is 13.0. The highest BCUT2D eigenvalue weighted by Crippen LogP contribution is 2.36. The molecule has 116 valence electrons. The third-order valence-electron chi connectivity index (χ3n) is 4.81. The van der Waals surface area contributed by atoms with Crippen molar-refractivity contribution >= 4 is 11.5 Å². The van der Waals surface area contributed by atoms with Crippen molar-refractivity contribution in [3.8, 4) is 11.4 Å². The van der Waals surface area contributed by atoms with Crippen molar-refractivity contribution in [2.45, 2.75) is 18.5 Å². The van der Waals surface area contributed by atoms with E-state index in [1.807, 2.05) is 0 Å². The number of nitrogens with one attached hydrogen (secondary N) is 2. The Morgan fingerprint density at radius 2 is 2.22 bits per heavy atom. The van der Waals surface area contributed by atoms with Crippen LogP contribution in [0.4, 0.5) is 10.2 Å². The molecule has 3 atom stereocenters. The second-order valence-electron chi connectivity index (χ2n) is 6.19. The highest BCUT2D eigenvalue weighted by atomic mass is 19.1. The van der Waals surface area contributed by atoms with Gasteiger partial charge in [0, 0.05) is 18.3 Å². The summed E-state index contributed by atoms with van der Waals surface area (Å²) in [6.45, 7) is 1.13. The summed E-state index contributed by atoms with van der Waals surface area (Å²) >= 11 is 0. The van der Waals surface area contributed by atoms with Crippen molar-refractivity contribution < 1.29 is 4.39 Å². The summed E-state index contributed by atoms with van der Waals surface area (Å²) in [5, 5.41) is 6.85. The third-order valence-corrected chi connectivity index (χ3v) is 4.81. The molecular formula is C16H15FN6. The van der Waals surface area contributed by atoms with E-state index in [0.29, 0.717) is 23.4 Å². The maximum atomic E-state index is 13.5. The summed E-state index contributed by atoms with van der Waals surface area (Å²) in [5.41, 5.74) is 2.08. The van der Waals surface area contributed by atoms with Crippen LogP contribution in [0.25, 0.3) is 17.0 Å². The molecule has 0 amide bonds. The summed E-state index contributed by atoms with van der Waals surface area (Å²) in [7, 11) is 0. The van der Waals surface area contributed by atoms with Gasteiger partial charge in [0.05, 0.1) is 24.3 Å². The standard InChI is InChI=1S/C16H15FN6/c17-10-1-2-15-19-6-13(23(15)8-10)12-5-18-7-14(22-12)21-11-3-9-4-20-16(9)11/h1-2,5-9,11,16,20H,3-4H2,(H,21,22)/t9?,11-,16?/m1/s1. The first-order valence-corrected chi connectivity index (χ1v) is 7.73. The Kier molecular flexibility index (Phi) is 2.66. The quantitative estimate of drug-likeness (QED) is 0.771. The zero-order chi connectivity index (χ0) is 15.4. The minimum absolute atomic E-state index is 0.310. The van der Waals surface area contributed by atoms with Gasteiger partial charge in [-0.3, -0.25) is 9.38 Å². The first-order valence-electron chi connectivity index (χ1n) is 7.73. The van der Waals surface area contributed by atoms with E-state index in [1.165, 1.54) is 18.7 Å². The molecule has 0 spiro atoms. The van der Waals surface area contributed by atoms with Crippen LogP contribution in [0, 0.1) is 11.7 Å². The Labute approximate surface area is 131 Å². The molecule has 1 saturated heterocycles. The highest BCUT2D eigenvalue weighted by molar-refractivity contribution is 5.60. The number of pyridine rings is 1. The molecule has 2 N–H and O–H groups in total. The van der Waals surface area contributed by atoms with Crippen LogP contribution in [0.3, 0.4) is 0 Å². The van der Waals surface area contributed by atoms with E-state index in [1.54, 1.807) is 29.1 Å². The maximum Gasteiger partial charge on any atom is 0.145 e. The molecule has 2 unspecified atom stereocenters. The minimum atomic E-state index is -0.310. The fourth-order valence-corrected chi connectivity index (χ4v) is 3.44. The topological polar surface area (TPSA) is 67.1 Å². The van der Waals surface area contributed by atoms with E-state index in [0.717, 1.165) is 24.0 Å². The molecular weight excluding hydrogens is 295 g/mol. The van der Waals surface area contributed by atoms with E-state index in [9.17, 15) is 4.39 Å². The second-order valence-corrected chi connectivity index (χ2v) is 6.19. The van der Waals surface area contributed by atoms with E-state index >= 15 is 0 Å². The van der Waals surface area contributed by atoms with Crippen LogP contribution in [-0.4, -0.2) is 38.0 Å². The molecule has 3 aromatic rings. The van der Waals surface area contributed by atoms with Crippen LogP contribution in [0.5, 0.6) is 0 Å². The van der Waals surface area contributed by atoms with Crippen LogP contribution in [0.2, 0.25) is 0 Å². The van der Waals surface area contributed by atoms with Gasteiger partial charge in [-0.1, -0.05) is 0 Å². The van der Waals surface area contributed by atoms with Gasteiger partial charge < -0.3 is 10.6 Å². The van der Waals surface area contributed by atoms with Gasteiger partial charge in [-0.05, 0) is 31.0 Å². The van der Waals surface area contributed by atoms with Crippen LogP contribution < -0.4 is 10.6 Å². The van der Waals surface area contributed by atoms with Crippen molar-refractivity contribution in [2.75, 3.05) is 11.9 Å². The Morgan fingerprint density at radius 1 is 1.26 bits per heavy atom. The Bertz CT molecular complexity index is 891. The van der Waals surface area contributed by atoms with Crippen LogP contribution >= 0.6 is 0 Å². The summed E-state index contributed by atoms with van der Waals surface area (Å²) < 4.78 is 15.2. The summed E-state index contributed by atoms with van der Waals surface area (Å²) in [6.07, 6.45) is 7.66. The fourth-order valence-electron chi connectivity index (χ4n) is 3.44. The van der Waals surface area contributed by atoms with Crippen LogP contribution in [-0.2, 0) is 0 Å². The third kappa shape index (κ3) is 2.00. The number of aromatic nitrogens is 4. The molecule has 0 bridgehead atoms. The predicted octanol–water partition coefficient (Wildman–Crippen LogP) is 1.70. The molecule has 2 fully saturated rings. The number of piperidine rings is 1. The summed E-state index contributed by atoms with van der Waals surface area (Å²) in [5.74, 6) is 1.24. The molecule has 2 aliphatic rings. The van der Waals surface area contributed by atoms with Gasteiger partial charge in [0.1, 0.15) is 23.0 Å². The largest absolute Gasteiger partial charge is 0.364 e. The molecule has 6 nitrogen and oxygen atoms in total. The number of fused-ring (bicyclic) bond motifs is 2. The molecule has 5 rings (SSSR count). The van der Waals surface area contributed by atoms with Crippen molar-refractivity contribution in [1.82, 2.24) is 24.7 Å². The van der Waals surface area contributed by atoms with Gasteiger partial charge in [0.2, 0.25) is 0 Å². The van der Waals surface area contributed by atoms with Crippen molar-refractivity contribution in [2.24, 2.45) is 5.92 Å². The molecule has 0 radical (unpaired) electrons. The SMILES string of the molecule is Fc1ccc2ncc(-c3cncc(N[C@@H]4CC5CNC54)n3)n2c1.